The van der Waals surface area contributed by atoms with Gasteiger partial charge in [0.05, 0.1) is 18.3 Å². The van der Waals surface area contributed by atoms with E-state index < -0.39 is 0 Å². The first-order chi connectivity index (χ1) is 14.6. The first-order valence-corrected chi connectivity index (χ1v) is 10.6. The standard InChI is InChI=1S/C23H20Cl2N4O/c24-18-6-4-16(5-7-18)13-28-22-11-26-15-29(22)21-8-9-27(14-20(21)23(28)30)12-17-2-1-3-19(25)10-17/h1-7,10-11,15H,8-9,12-14H2. The average molecular weight is 439 g/mol. The van der Waals surface area contributed by atoms with Crippen LogP contribution in [-0.2, 0) is 26.1 Å². The Hall–Kier alpha value is -2.60. The van der Waals surface area contributed by atoms with E-state index in [0.717, 1.165) is 52.6 Å². The normalized spacial score (nSPS) is 14.2. The number of hydrogen-bond acceptors (Lipinski definition) is 3. The molecule has 0 saturated heterocycles. The van der Waals surface area contributed by atoms with Gasteiger partial charge in [0, 0.05) is 41.8 Å². The fourth-order valence-electron chi connectivity index (χ4n) is 4.18. The molecule has 1 aliphatic heterocycles. The SMILES string of the molecule is O=c1c2c(n3cncc3n1Cc1ccc(Cl)cc1)CCN(Cc1cccc(Cl)c1)C2. The summed E-state index contributed by atoms with van der Waals surface area (Å²) in [7, 11) is 0. The van der Waals surface area contributed by atoms with Gasteiger partial charge in [-0.1, -0.05) is 47.5 Å². The van der Waals surface area contributed by atoms with Crippen LogP contribution in [0.3, 0.4) is 0 Å². The van der Waals surface area contributed by atoms with E-state index in [1.54, 1.807) is 17.1 Å². The molecule has 0 unspecified atom stereocenters. The van der Waals surface area contributed by atoms with Crippen LogP contribution in [0.2, 0.25) is 10.0 Å². The number of nitrogens with zero attached hydrogens (tertiary/aromatic N) is 4. The van der Waals surface area contributed by atoms with Gasteiger partial charge in [-0.05, 0) is 35.4 Å². The zero-order valence-corrected chi connectivity index (χ0v) is 17.8. The molecule has 0 atom stereocenters. The molecule has 0 aliphatic carbocycles. The molecule has 152 valence electrons. The summed E-state index contributed by atoms with van der Waals surface area (Å²) in [5.41, 5.74) is 4.93. The van der Waals surface area contributed by atoms with Crippen molar-refractivity contribution in [1.82, 2.24) is 18.9 Å². The van der Waals surface area contributed by atoms with Crippen molar-refractivity contribution in [3.8, 4) is 0 Å². The van der Waals surface area contributed by atoms with Crippen LogP contribution in [0.1, 0.15) is 22.4 Å². The molecule has 0 fully saturated rings. The molecule has 0 N–H and O–H groups in total. The predicted molar refractivity (Wildman–Crippen MR) is 119 cm³/mol. The number of halogens is 2. The fraction of sp³-hybridized carbons (Fsp3) is 0.217. The number of fused-ring (bicyclic) bond motifs is 3. The Bertz CT molecular complexity index is 1280. The Kier molecular flexibility index (Phi) is 5.11. The fourth-order valence-corrected chi connectivity index (χ4v) is 4.52. The Labute approximate surface area is 184 Å². The Morgan fingerprint density at radius 3 is 2.60 bits per heavy atom. The van der Waals surface area contributed by atoms with Crippen LogP contribution in [0.4, 0.5) is 0 Å². The number of rotatable bonds is 4. The van der Waals surface area contributed by atoms with Gasteiger partial charge in [-0.2, -0.15) is 0 Å². The number of aromatic nitrogens is 3. The Morgan fingerprint density at radius 1 is 0.967 bits per heavy atom. The second kappa shape index (κ2) is 7.91. The molecular formula is C23H20Cl2N4O. The van der Waals surface area contributed by atoms with Gasteiger partial charge in [0.1, 0.15) is 12.0 Å². The van der Waals surface area contributed by atoms with Crippen molar-refractivity contribution < 1.29 is 0 Å². The minimum atomic E-state index is 0.0451. The number of imidazole rings is 1. The van der Waals surface area contributed by atoms with E-state index in [2.05, 4.69) is 20.4 Å². The molecular weight excluding hydrogens is 419 g/mol. The highest BCUT2D eigenvalue weighted by Crippen LogP contribution is 2.21. The molecule has 2 aromatic heterocycles. The van der Waals surface area contributed by atoms with E-state index >= 15 is 0 Å². The molecule has 0 spiro atoms. The van der Waals surface area contributed by atoms with Crippen molar-refractivity contribution in [3.63, 3.8) is 0 Å². The molecule has 0 radical (unpaired) electrons. The smallest absolute Gasteiger partial charge is 0.258 e. The van der Waals surface area contributed by atoms with E-state index in [0.29, 0.717) is 18.1 Å². The summed E-state index contributed by atoms with van der Waals surface area (Å²) < 4.78 is 3.86. The lowest BCUT2D eigenvalue weighted by atomic mass is 10.1. The molecule has 5 rings (SSSR count). The summed E-state index contributed by atoms with van der Waals surface area (Å²) in [6.07, 6.45) is 4.37. The predicted octanol–water partition coefficient (Wildman–Crippen LogP) is 4.41. The van der Waals surface area contributed by atoms with Gasteiger partial charge >= 0.3 is 0 Å². The van der Waals surface area contributed by atoms with E-state index in [9.17, 15) is 4.79 Å². The topological polar surface area (TPSA) is 42.5 Å². The summed E-state index contributed by atoms with van der Waals surface area (Å²) in [4.78, 5) is 20.1. The van der Waals surface area contributed by atoms with E-state index in [1.165, 1.54) is 0 Å². The lowest BCUT2D eigenvalue weighted by molar-refractivity contribution is 0.240. The molecule has 1 aliphatic rings. The molecule has 4 aromatic rings. The summed E-state index contributed by atoms with van der Waals surface area (Å²) in [6.45, 7) is 2.73. The van der Waals surface area contributed by atoms with Crippen molar-refractivity contribution in [2.24, 2.45) is 0 Å². The molecule has 0 saturated carbocycles. The van der Waals surface area contributed by atoms with Gasteiger partial charge in [-0.15, -0.1) is 0 Å². The monoisotopic (exact) mass is 438 g/mol. The minimum absolute atomic E-state index is 0.0451. The first-order valence-electron chi connectivity index (χ1n) is 9.86. The van der Waals surface area contributed by atoms with Crippen molar-refractivity contribution in [2.45, 2.75) is 26.1 Å². The lowest BCUT2D eigenvalue weighted by Crippen LogP contribution is -2.38. The first kappa shape index (κ1) is 19.4. The minimum Gasteiger partial charge on any atom is -0.294 e. The van der Waals surface area contributed by atoms with E-state index in [4.69, 9.17) is 23.2 Å². The second-order valence-corrected chi connectivity index (χ2v) is 8.53. The van der Waals surface area contributed by atoms with Gasteiger partial charge in [0.15, 0.2) is 0 Å². The number of benzene rings is 2. The van der Waals surface area contributed by atoms with Gasteiger partial charge in [0.2, 0.25) is 0 Å². The van der Waals surface area contributed by atoms with Crippen molar-refractivity contribution in [2.75, 3.05) is 6.54 Å². The average Bonchev–Trinajstić information content (AvgIpc) is 3.22. The highest BCUT2D eigenvalue weighted by Gasteiger charge is 2.24. The molecule has 0 bridgehead atoms. The van der Waals surface area contributed by atoms with Crippen LogP contribution in [0, 0.1) is 0 Å². The van der Waals surface area contributed by atoms with Crippen LogP contribution < -0.4 is 5.56 Å². The maximum Gasteiger partial charge on any atom is 0.258 e. The highest BCUT2D eigenvalue weighted by atomic mass is 35.5. The third-order valence-electron chi connectivity index (χ3n) is 5.63. The number of hydrogen-bond donors (Lipinski definition) is 0. The molecule has 2 aromatic carbocycles. The second-order valence-electron chi connectivity index (χ2n) is 7.66. The zero-order chi connectivity index (χ0) is 20.7. The molecule has 30 heavy (non-hydrogen) atoms. The van der Waals surface area contributed by atoms with Crippen LogP contribution in [0.5, 0.6) is 0 Å². The highest BCUT2D eigenvalue weighted by molar-refractivity contribution is 6.30. The molecule has 0 amide bonds. The van der Waals surface area contributed by atoms with Crippen LogP contribution in [-0.4, -0.2) is 25.4 Å². The van der Waals surface area contributed by atoms with Gasteiger partial charge < -0.3 is 0 Å². The van der Waals surface area contributed by atoms with Crippen molar-refractivity contribution in [1.29, 1.82) is 0 Å². The van der Waals surface area contributed by atoms with Crippen LogP contribution >= 0.6 is 23.2 Å². The van der Waals surface area contributed by atoms with Crippen molar-refractivity contribution >= 4 is 28.8 Å². The zero-order valence-electron chi connectivity index (χ0n) is 16.3. The molecule has 5 nitrogen and oxygen atoms in total. The molecule has 7 heteroatoms. The van der Waals surface area contributed by atoms with E-state index in [1.807, 2.05) is 42.5 Å². The maximum absolute atomic E-state index is 13.5. The van der Waals surface area contributed by atoms with Crippen LogP contribution in [0.15, 0.2) is 65.8 Å². The maximum atomic E-state index is 13.5. The van der Waals surface area contributed by atoms with Gasteiger partial charge in [0.25, 0.3) is 5.56 Å². The largest absolute Gasteiger partial charge is 0.294 e. The third kappa shape index (κ3) is 3.65. The van der Waals surface area contributed by atoms with Crippen molar-refractivity contribution in [3.05, 3.63) is 104 Å². The molecule has 3 heterocycles. The summed E-state index contributed by atoms with van der Waals surface area (Å²) >= 11 is 12.2. The Morgan fingerprint density at radius 2 is 1.80 bits per heavy atom. The lowest BCUT2D eigenvalue weighted by Gasteiger charge is -2.29. The van der Waals surface area contributed by atoms with E-state index in [-0.39, 0.29) is 5.56 Å². The van der Waals surface area contributed by atoms with Gasteiger partial charge in [-0.3, -0.25) is 18.7 Å². The third-order valence-corrected chi connectivity index (χ3v) is 6.12. The quantitative estimate of drug-likeness (QED) is 0.473. The van der Waals surface area contributed by atoms with Gasteiger partial charge in [-0.25, -0.2) is 4.98 Å². The summed E-state index contributed by atoms with van der Waals surface area (Å²) in [5, 5.41) is 1.41. The Balaban J connectivity index is 1.51. The summed E-state index contributed by atoms with van der Waals surface area (Å²) in [6, 6.07) is 15.5. The summed E-state index contributed by atoms with van der Waals surface area (Å²) in [5.74, 6) is 0. The van der Waals surface area contributed by atoms with Crippen LogP contribution in [0.25, 0.3) is 5.65 Å².